The van der Waals surface area contributed by atoms with E-state index in [0.717, 1.165) is 11.4 Å². The summed E-state index contributed by atoms with van der Waals surface area (Å²) in [4.78, 5) is 97.8. The summed E-state index contributed by atoms with van der Waals surface area (Å²) in [6.45, 7) is 6.20. The molecule has 338 valence electrons. The second kappa shape index (κ2) is 28.2. The van der Waals surface area contributed by atoms with Crippen LogP contribution in [0.4, 0.5) is 0 Å². The highest BCUT2D eigenvalue weighted by molar-refractivity contribution is 5.97. The smallest absolute Gasteiger partial charge is 0.338 e. The average molecular weight is 849 g/mol. The standard InChI is InChI=1S/C35H68N14O10/c1-18(2)25(33(58)59)47-30(55)22(12-7-8-16-49(5)6)45-31(56)24(17-50)46-29(54)23(13-10-15-42-35(39)40)44-27(52)19(3)43-32(57)26(20(4)51)48-28(53)21(36)11-9-14-41-34(37)38/h18-26,50-51H,7-17,36H2,1-6H3,(H,43,57)(H,44,52)(H,45,56)(H,46,54)(H,47,55)(H,48,53)(H,58,59)(H4,37,38,41)(H4,39,40,42)/p+4/t19-,20+,21-,22-,23-,24-,25-,26-/m0/s1. The van der Waals surface area contributed by atoms with Crippen LogP contribution in [0, 0.1) is 5.92 Å². The molecule has 24 nitrogen and oxygen atoms in total. The first-order chi connectivity index (χ1) is 27.5. The van der Waals surface area contributed by atoms with E-state index in [0.29, 0.717) is 32.2 Å². The van der Waals surface area contributed by atoms with Gasteiger partial charge >= 0.3 is 17.9 Å². The Balaban J connectivity index is 5.99. The van der Waals surface area contributed by atoms with Gasteiger partial charge in [0.1, 0.15) is 36.3 Å². The third-order valence-electron chi connectivity index (χ3n) is 8.97. The first-order valence-corrected chi connectivity index (χ1v) is 19.7. The molecule has 0 rings (SSSR count). The normalized spacial score (nSPS) is 15.2. The molecule has 0 fully saturated rings. The number of amides is 6. The lowest BCUT2D eigenvalue weighted by molar-refractivity contribution is -0.858. The minimum Gasteiger partial charge on any atom is -0.480 e. The van der Waals surface area contributed by atoms with E-state index in [9.17, 15) is 48.9 Å². The number of hydrogen-bond acceptors (Lipinski definition) is 9. The third-order valence-corrected chi connectivity index (χ3v) is 8.97. The fourth-order valence-corrected chi connectivity index (χ4v) is 5.46. The first kappa shape index (κ1) is 53.7. The Morgan fingerprint density at radius 3 is 1.54 bits per heavy atom. The van der Waals surface area contributed by atoms with Gasteiger partial charge in [0.15, 0.2) is 6.04 Å². The number of nitrogens with one attached hydrogen (secondary N) is 9. The van der Waals surface area contributed by atoms with Gasteiger partial charge in [0.2, 0.25) is 29.5 Å². The van der Waals surface area contributed by atoms with Gasteiger partial charge in [-0.3, -0.25) is 61.7 Å². The minimum absolute atomic E-state index is 0.0192. The number of hydrogen-bond donors (Lipinski definition) is 17. The molecule has 0 aliphatic rings. The van der Waals surface area contributed by atoms with E-state index in [1.165, 1.54) is 13.8 Å². The van der Waals surface area contributed by atoms with E-state index < -0.39 is 102 Å². The highest BCUT2D eigenvalue weighted by atomic mass is 16.4. The van der Waals surface area contributed by atoms with Crippen molar-refractivity contribution < 1.29 is 69.5 Å². The van der Waals surface area contributed by atoms with Crippen LogP contribution >= 0.6 is 0 Å². The molecule has 24 heteroatoms. The monoisotopic (exact) mass is 849 g/mol. The number of carboxylic acids is 1. The number of carbonyl (C=O) groups is 7. The topological polar surface area (TPSA) is 416 Å². The minimum atomic E-state index is -1.60. The highest BCUT2D eigenvalue weighted by Crippen LogP contribution is 2.07. The van der Waals surface area contributed by atoms with Crippen molar-refractivity contribution in [3.63, 3.8) is 0 Å². The second-order valence-corrected chi connectivity index (χ2v) is 15.1. The maximum Gasteiger partial charge on any atom is 0.338 e. The van der Waals surface area contributed by atoms with Crippen LogP contribution < -0.4 is 75.5 Å². The summed E-state index contributed by atoms with van der Waals surface area (Å²) < 4.78 is 0. The van der Waals surface area contributed by atoms with Crippen LogP contribution in [0.3, 0.4) is 0 Å². The van der Waals surface area contributed by atoms with Gasteiger partial charge in [0, 0.05) is 6.42 Å². The SMILES string of the molecule is CC(C)[C@H](NC(=O)[C@H](CCCC[NH+](C)C)NC(=O)[C@H](CO)NC(=O)[C@H](CCC[NH+]=C(N)N)NC(=O)[C@H](C)NC(=O)[C@@H](NC(=O)[C@@H]([NH3+])CCC[NH+]=C(N)N)[C@@H](C)O)C(=O)O. The summed E-state index contributed by atoms with van der Waals surface area (Å²) in [5, 5.41) is 44.7. The maximum atomic E-state index is 13.6. The van der Waals surface area contributed by atoms with Crippen LogP contribution in [0.25, 0.3) is 0 Å². The lowest BCUT2D eigenvalue weighted by atomic mass is 10.0. The molecule has 6 amide bonds. The van der Waals surface area contributed by atoms with Crippen molar-refractivity contribution >= 4 is 53.3 Å². The number of aliphatic hydroxyl groups is 2. The molecule has 0 radical (unpaired) electrons. The zero-order valence-corrected chi connectivity index (χ0v) is 35.2. The molecule has 0 aliphatic carbocycles. The van der Waals surface area contributed by atoms with Gasteiger partial charge in [0.25, 0.3) is 5.91 Å². The van der Waals surface area contributed by atoms with Crippen molar-refractivity contribution in [3.05, 3.63) is 0 Å². The molecule has 23 N–H and O–H groups in total. The number of carboxylic acid groups (broad SMARTS) is 1. The number of nitrogens with two attached hydrogens (primary N) is 4. The van der Waals surface area contributed by atoms with Gasteiger partial charge in [-0.1, -0.05) is 13.8 Å². The van der Waals surface area contributed by atoms with Crippen LogP contribution in [0.2, 0.25) is 0 Å². The molecule has 0 aromatic carbocycles. The molecule has 0 spiro atoms. The van der Waals surface area contributed by atoms with E-state index >= 15 is 0 Å². The van der Waals surface area contributed by atoms with Gasteiger partial charge in [-0.2, -0.15) is 0 Å². The summed E-state index contributed by atoms with van der Waals surface area (Å²) >= 11 is 0. The number of unbranched alkanes of at least 4 members (excludes halogenated alkanes) is 1. The summed E-state index contributed by atoms with van der Waals surface area (Å²) in [5.74, 6) is -6.81. The predicted molar refractivity (Wildman–Crippen MR) is 214 cm³/mol. The summed E-state index contributed by atoms with van der Waals surface area (Å²) in [6.07, 6.45) is 0.856. The molecule has 0 bridgehead atoms. The lowest BCUT2D eigenvalue weighted by Gasteiger charge is -2.27. The molecule has 8 atom stereocenters. The molecule has 0 aromatic heterocycles. The van der Waals surface area contributed by atoms with Crippen LogP contribution in [0.15, 0.2) is 0 Å². The Morgan fingerprint density at radius 1 is 0.610 bits per heavy atom. The number of aliphatic carboxylic acids is 1. The first-order valence-electron chi connectivity index (χ1n) is 19.7. The Kier molecular flexibility index (Phi) is 25.6. The van der Waals surface area contributed by atoms with Gasteiger partial charge in [-0.05, 0) is 58.3 Å². The summed E-state index contributed by atoms with van der Waals surface area (Å²) in [5.41, 5.74) is 25.4. The zero-order valence-electron chi connectivity index (χ0n) is 35.2. The van der Waals surface area contributed by atoms with E-state index in [-0.39, 0.29) is 37.7 Å². The van der Waals surface area contributed by atoms with Gasteiger partial charge in [-0.15, -0.1) is 0 Å². The molecule has 0 saturated heterocycles. The van der Waals surface area contributed by atoms with Crippen molar-refractivity contribution in [1.29, 1.82) is 0 Å². The van der Waals surface area contributed by atoms with Crippen molar-refractivity contribution in [3.8, 4) is 0 Å². The highest BCUT2D eigenvalue weighted by Gasteiger charge is 2.34. The fraction of sp³-hybridized carbons (Fsp3) is 0.743. The second-order valence-electron chi connectivity index (χ2n) is 15.1. The Labute approximate surface area is 344 Å². The summed E-state index contributed by atoms with van der Waals surface area (Å²) in [6, 6.07) is -8.98. The molecule has 0 aliphatic heterocycles. The number of quaternary nitrogens is 2. The van der Waals surface area contributed by atoms with Gasteiger partial charge in [-0.25, -0.2) is 4.79 Å². The van der Waals surface area contributed by atoms with Gasteiger partial charge < -0.3 is 57.9 Å². The van der Waals surface area contributed by atoms with Crippen LogP contribution in [0.5, 0.6) is 0 Å². The molecule has 0 saturated carbocycles. The number of guanidine groups is 2. The molecular formula is C35H72N14O10+4. The Bertz CT molecular complexity index is 1440. The van der Waals surface area contributed by atoms with Crippen molar-refractivity contribution in [2.75, 3.05) is 40.3 Å². The van der Waals surface area contributed by atoms with E-state index in [1.54, 1.807) is 13.8 Å². The number of rotatable bonds is 29. The third kappa shape index (κ3) is 22.4. The van der Waals surface area contributed by atoms with E-state index in [1.807, 2.05) is 14.1 Å². The number of carbonyl (C=O) groups excluding carboxylic acids is 6. The molecule has 0 aromatic rings. The van der Waals surface area contributed by atoms with Crippen LogP contribution in [-0.2, 0) is 33.6 Å². The molecule has 0 heterocycles. The summed E-state index contributed by atoms with van der Waals surface area (Å²) in [7, 11) is 3.90. The van der Waals surface area contributed by atoms with Crippen LogP contribution in [-0.4, -0.2) is 157 Å². The average Bonchev–Trinajstić information content (AvgIpc) is 3.14. The van der Waals surface area contributed by atoms with Gasteiger partial charge in [0.05, 0.1) is 46.4 Å². The quantitative estimate of drug-likeness (QED) is 0.0189. The van der Waals surface area contributed by atoms with Crippen molar-refractivity contribution in [1.82, 2.24) is 31.9 Å². The van der Waals surface area contributed by atoms with Crippen LogP contribution in [0.1, 0.15) is 72.6 Å². The van der Waals surface area contributed by atoms with E-state index in [2.05, 4.69) is 47.6 Å². The predicted octanol–water partition coefficient (Wildman–Crippen LogP) is -11.8. The lowest BCUT2D eigenvalue weighted by Crippen LogP contribution is -3.05. The Morgan fingerprint density at radius 2 is 1.07 bits per heavy atom. The maximum absolute atomic E-state index is 13.6. The van der Waals surface area contributed by atoms with Crippen molar-refractivity contribution in [2.24, 2.45) is 28.9 Å². The van der Waals surface area contributed by atoms with Crippen molar-refractivity contribution in [2.45, 2.75) is 121 Å². The molecule has 59 heavy (non-hydrogen) atoms. The molecule has 0 unspecified atom stereocenters. The largest absolute Gasteiger partial charge is 0.480 e. The zero-order chi connectivity index (χ0) is 45.4. The molecular weight excluding hydrogens is 776 g/mol. The fourth-order valence-electron chi connectivity index (χ4n) is 5.46. The van der Waals surface area contributed by atoms with E-state index in [4.69, 9.17) is 22.9 Å². The Hall–Kier alpha value is -5.33. The number of aliphatic hydroxyl groups excluding tert-OH is 2.